The number of imidazole rings is 1. The predicted octanol–water partition coefficient (Wildman–Crippen LogP) is 1.73. The fourth-order valence-corrected chi connectivity index (χ4v) is 1.81. The highest BCUT2D eigenvalue weighted by Gasteiger charge is 2.23. The van der Waals surface area contributed by atoms with Crippen LogP contribution < -0.4 is 5.32 Å². The lowest BCUT2D eigenvalue weighted by Gasteiger charge is -2.12. The average Bonchev–Trinajstić information content (AvgIpc) is 2.82. The maximum absolute atomic E-state index is 4.19. The molecule has 0 spiro atoms. The normalized spacial score (nSPS) is 18.4. The Morgan fingerprint density at radius 3 is 3.14 bits per heavy atom. The van der Waals surface area contributed by atoms with Crippen molar-refractivity contribution in [3.8, 4) is 0 Å². The Hall–Kier alpha value is -0.830. The van der Waals surface area contributed by atoms with E-state index in [0.717, 1.165) is 24.7 Å². The van der Waals surface area contributed by atoms with Crippen molar-refractivity contribution >= 4 is 0 Å². The predicted molar refractivity (Wildman–Crippen MR) is 57.1 cm³/mol. The van der Waals surface area contributed by atoms with Crippen molar-refractivity contribution in [3.05, 3.63) is 18.2 Å². The molecule has 2 rings (SSSR count). The first-order valence-corrected chi connectivity index (χ1v) is 5.56. The van der Waals surface area contributed by atoms with Crippen molar-refractivity contribution < 1.29 is 0 Å². The molecule has 1 aromatic rings. The third kappa shape index (κ3) is 3.14. The van der Waals surface area contributed by atoms with Gasteiger partial charge in [0, 0.05) is 31.4 Å². The van der Waals surface area contributed by atoms with Crippen molar-refractivity contribution in [2.75, 3.05) is 6.54 Å². The zero-order chi connectivity index (χ0) is 9.80. The maximum atomic E-state index is 4.19. The van der Waals surface area contributed by atoms with E-state index in [1.54, 1.807) is 0 Å². The van der Waals surface area contributed by atoms with Crippen LogP contribution in [0.15, 0.2) is 12.4 Å². The van der Waals surface area contributed by atoms with E-state index in [1.807, 2.05) is 12.4 Å². The molecular weight excluding hydrogens is 174 g/mol. The lowest BCUT2D eigenvalue weighted by Crippen LogP contribution is -2.28. The molecule has 1 aliphatic rings. The number of aromatic nitrogens is 2. The molecule has 0 saturated heterocycles. The quantitative estimate of drug-likeness (QED) is 0.722. The molecule has 3 nitrogen and oxygen atoms in total. The Bertz CT molecular complexity index is 252. The van der Waals surface area contributed by atoms with Crippen LogP contribution in [0.2, 0.25) is 0 Å². The smallest absolute Gasteiger partial charge is 0.107 e. The van der Waals surface area contributed by atoms with E-state index in [4.69, 9.17) is 0 Å². The summed E-state index contributed by atoms with van der Waals surface area (Å²) >= 11 is 0. The van der Waals surface area contributed by atoms with Gasteiger partial charge in [-0.15, -0.1) is 0 Å². The number of hydrogen-bond acceptors (Lipinski definition) is 2. The van der Waals surface area contributed by atoms with E-state index in [0.29, 0.717) is 6.04 Å². The molecule has 0 aliphatic heterocycles. The molecule has 1 fully saturated rings. The minimum atomic E-state index is 0.664. The van der Waals surface area contributed by atoms with Gasteiger partial charge in [0.2, 0.25) is 0 Å². The van der Waals surface area contributed by atoms with Crippen LogP contribution in [0.25, 0.3) is 0 Å². The van der Waals surface area contributed by atoms with Gasteiger partial charge in [0.15, 0.2) is 0 Å². The molecule has 78 valence electrons. The third-order valence-electron chi connectivity index (χ3n) is 2.79. The van der Waals surface area contributed by atoms with Gasteiger partial charge in [-0.25, -0.2) is 4.98 Å². The van der Waals surface area contributed by atoms with Gasteiger partial charge in [-0.3, -0.25) is 0 Å². The van der Waals surface area contributed by atoms with Crippen LogP contribution in [0.1, 0.15) is 32.0 Å². The maximum Gasteiger partial charge on any atom is 0.107 e. The monoisotopic (exact) mass is 193 g/mol. The molecule has 3 heteroatoms. The van der Waals surface area contributed by atoms with Crippen LogP contribution in [0.5, 0.6) is 0 Å². The second-order valence-corrected chi connectivity index (χ2v) is 4.32. The van der Waals surface area contributed by atoms with Crippen LogP contribution in [-0.2, 0) is 6.42 Å². The number of H-pyrrole nitrogens is 1. The Labute approximate surface area is 85.3 Å². The third-order valence-corrected chi connectivity index (χ3v) is 2.79. The number of nitrogens with zero attached hydrogens (tertiary/aromatic N) is 1. The summed E-state index contributed by atoms with van der Waals surface area (Å²) < 4.78 is 0. The summed E-state index contributed by atoms with van der Waals surface area (Å²) in [4.78, 5) is 7.30. The van der Waals surface area contributed by atoms with Crippen molar-refractivity contribution in [3.63, 3.8) is 0 Å². The standard InChI is InChI=1S/C11H19N3/c1-9(8-10-2-3-10)12-5-4-11-13-6-7-14-11/h6-7,9-10,12H,2-5,8H2,1H3,(H,13,14). The first-order valence-electron chi connectivity index (χ1n) is 5.56. The second kappa shape index (κ2) is 4.60. The van der Waals surface area contributed by atoms with Gasteiger partial charge in [-0.1, -0.05) is 12.8 Å². The lowest BCUT2D eigenvalue weighted by molar-refractivity contribution is 0.489. The zero-order valence-corrected chi connectivity index (χ0v) is 8.79. The summed E-state index contributed by atoms with van der Waals surface area (Å²) in [5, 5.41) is 3.53. The van der Waals surface area contributed by atoms with Crippen molar-refractivity contribution in [2.24, 2.45) is 5.92 Å². The van der Waals surface area contributed by atoms with Crippen LogP contribution in [0.4, 0.5) is 0 Å². The van der Waals surface area contributed by atoms with E-state index in [2.05, 4.69) is 22.2 Å². The molecule has 0 amide bonds. The molecule has 1 unspecified atom stereocenters. The largest absolute Gasteiger partial charge is 0.349 e. The summed E-state index contributed by atoms with van der Waals surface area (Å²) in [6.07, 6.45) is 8.93. The van der Waals surface area contributed by atoms with Gasteiger partial charge in [-0.05, 0) is 19.3 Å². The number of aromatic amines is 1. The zero-order valence-electron chi connectivity index (χ0n) is 8.79. The van der Waals surface area contributed by atoms with E-state index < -0.39 is 0 Å². The van der Waals surface area contributed by atoms with Crippen LogP contribution in [0, 0.1) is 5.92 Å². The molecule has 1 aromatic heterocycles. The van der Waals surface area contributed by atoms with E-state index in [-0.39, 0.29) is 0 Å². The molecule has 0 radical (unpaired) electrons. The average molecular weight is 193 g/mol. The lowest BCUT2D eigenvalue weighted by atomic mass is 10.1. The molecule has 1 heterocycles. The van der Waals surface area contributed by atoms with Gasteiger partial charge in [0.1, 0.15) is 5.82 Å². The summed E-state index contributed by atoms with van der Waals surface area (Å²) in [6.45, 7) is 3.31. The fourth-order valence-electron chi connectivity index (χ4n) is 1.81. The highest BCUT2D eigenvalue weighted by molar-refractivity contribution is 4.88. The minimum Gasteiger partial charge on any atom is -0.349 e. The van der Waals surface area contributed by atoms with Gasteiger partial charge >= 0.3 is 0 Å². The van der Waals surface area contributed by atoms with E-state index >= 15 is 0 Å². The molecule has 1 atom stereocenters. The molecule has 1 saturated carbocycles. The molecular formula is C11H19N3. The molecule has 14 heavy (non-hydrogen) atoms. The van der Waals surface area contributed by atoms with Gasteiger partial charge < -0.3 is 10.3 Å². The van der Waals surface area contributed by atoms with Crippen molar-refractivity contribution in [1.29, 1.82) is 0 Å². The topological polar surface area (TPSA) is 40.7 Å². The van der Waals surface area contributed by atoms with Gasteiger partial charge in [0.05, 0.1) is 0 Å². The van der Waals surface area contributed by atoms with E-state index in [9.17, 15) is 0 Å². The van der Waals surface area contributed by atoms with Crippen molar-refractivity contribution in [2.45, 2.75) is 38.6 Å². The highest BCUT2D eigenvalue weighted by atomic mass is 14.9. The van der Waals surface area contributed by atoms with Gasteiger partial charge in [0.25, 0.3) is 0 Å². The number of nitrogens with one attached hydrogen (secondary N) is 2. The first-order chi connectivity index (χ1) is 6.84. The summed E-state index contributed by atoms with van der Waals surface area (Å²) in [7, 11) is 0. The summed E-state index contributed by atoms with van der Waals surface area (Å²) in [5.74, 6) is 2.09. The second-order valence-electron chi connectivity index (χ2n) is 4.32. The van der Waals surface area contributed by atoms with Crippen LogP contribution in [-0.4, -0.2) is 22.6 Å². The summed E-state index contributed by atoms with van der Waals surface area (Å²) in [5.41, 5.74) is 0. The molecule has 0 aromatic carbocycles. The molecule has 1 aliphatic carbocycles. The Morgan fingerprint density at radius 1 is 1.64 bits per heavy atom. The molecule has 2 N–H and O–H groups in total. The highest BCUT2D eigenvalue weighted by Crippen LogP contribution is 2.33. The van der Waals surface area contributed by atoms with Gasteiger partial charge in [-0.2, -0.15) is 0 Å². The van der Waals surface area contributed by atoms with Crippen LogP contribution >= 0.6 is 0 Å². The first kappa shape index (κ1) is 9.71. The number of hydrogen-bond donors (Lipinski definition) is 2. The van der Waals surface area contributed by atoms with Crippen molar-refractivity contribution in [1.82, 2.24) is 15.3 Å². The Morgan fingerprint density at radius 2 is 2.50 bits per heavy atom. The molecule has 0 bridgehead atoms. The minimum absolute atomic E-state index is 0.664. The van der Waals surface area contributed by atoms with Crippen LogP contribution in [0.3, 0.4) is 0 Å². The van der Waals surface area contributed by atoms with E-state index in [1.165, 1.54) is 19.3 Å². The fraction of sp³-hybridized carbons (Fsp3) is 0.727. The summed E-state index contributed by atoms with van der Waals surface area (Å²) in [6, 6.07) is 0.664. The Kier molecular flexibility index (Phi) is 3.19. The SMILES string of the molecule is CC(CC1CC1)NCCc1ncc[nH]1. The number of rotatable bonds is 6. The Balaban J connectivity index is 1.57.